The molecule has 1 heterocycles. The van der Waals surface area contributed by atoms with Crippen LogP contribution < -0.4 is 5.32 Å². The first-order valence-electron chi connectivity index (χ1n) is 5.71. The molecular formula is C13H16ClN3. The van der Waals surface area contributed by atoms with Crippen LogP contribution in [0.25, 0.3) is 11.3 Å². The molecule has 0 fully saturated rings. The summed E-state index contributed by atoms with van der Waals surface area (Å²) in [5.74, 6) is 0. The van der Waals surface area contributed by atoms with E-state index in [2.05, 4.69) is 29.5 Å². The molecule has 1 N–H and O–H groups in total. The fraction of sp³-hybridized carbons (Fsp3) is 0.308. The minimum atomic E-state index is 0.771. The van der Waals surface area contributed by atoms with Crippen molar-refractivity contribution < 1.29 is 0 Å². The van der Waals surface area contributed by atoms with E-state index in [9.17, 15) is 0 Å². The lowest BCUT2D eigenvalue weighted by molar-refractivity contribution is 0.667. The van der Waals surface area contributed by atoms with Crippen LogP contribution in [0.1, 0.15) is 12.5 Å². The van der Waals surface area contributed by atoms with Gasteiger partial charge in [0, 0.05) is 24.8 Å². The maximum absolute atomic E-state index is 6.32. The summed E-state index contributed by atoms with van der Waals surface area (Å²) in [6, 6.07) is 8.13. The van der Waals surface area contributed by atoms with Crippen molar-refractivity contribution in [1.29, 1.82) is 0 Å². The standard InChI is InChI=1S/C13H16ClN3/c1-3-17-13(6-7-16-17)11-5-4-10(9-15-2)8-12(11)14/h4-8,15H,3,9H2,1-2H3. The van der Waals surface area contributed by atoms with Crippen molar-refractivity contribution in [3.63, 3.8) is 0 Å². The van der Waals surface area contributed by atoms with E-state index in [0.29, 0.717) is 0 Å². The van der Waals surface area contributed by atoms with Crippen molar-refractivity contribution in [2.45, 2.75) is 20.0 Å². The van der Waals surface area contributed by atoms with E-state index in [4.69, 9.17) is 11.6 Å². The Labute approximate surface area is 106 Å². The molecule has 1 aromatic carbocycles. The summed E-state index contributed by atoms with van der Waals surface area (Å²) < 4.78 is 1.94. The number of aromatic nitrogens is 2. The minimum Gasteiger partial charge on any atom is -0.316 e. The molecular weight excluding hydrogens is 234 g/mol. The zero-order valence-corrected chi connectivity index (χ0v) is 10.8. The molecule has 90 valence electrons. The largest absolute Gasteiger partial charge is 0.316 e. The second-order valence-corrected chi connectivity index (χ2v) is 4.28. The molecule has 0 spiro atoms. The number of nitrogens with one attached hydrogen (secondary N) is 1. The Morgan fingerprint density at radius 1 is 1.35 bits per heavy atom. The summed E-state index contributed by atoms with van der Waals surface area (Å²) in [5.41, 5.74) is 3.28. The van der Waals surface area contributed by atoms with Gasteiger partial charge in [-0.25, -0.2) is 0 Å². The van der Waals surface area contributed by atoms with E-state index in [1.54, 1.807) is 6.20 Å². The Morgan fingerprint density at radius 2 is 2.18 bits per heavy atom. The molecule has 1 aromatic heterocycles. The summed E-state index contributed by atoms with van der Waals surface area (Å²) in [7, 11) is 1.92. The Hall–Kier alpha value is -1.32. The smallest absolute Gasteiger partial charge is 0.0697 e. The van der Waals surface area contributed by atoms with Crippen LogP contribution >= 0.6 is 11.6 Å². The Morgan fingerprint density at radius 3 is 2.82 bits per heavy atom. The van der Waals surface area contributed by atoms with Gasteiger partial charge < -0.3 is 5.32 Å². The molecule has 0 radical (unpaired) electrons. The molecule has 0 amide bonds. The minimum absolute atomic E-state index is 0.771. The van der Waals surface area contributed by atoms with Crippen LogP contribution in [0.4, 0.5) is 0 Å². The third-order valence-corrected chi connectivity index (χ3v) is 3.02. The number of rotatable bonds is 4. The molecule has 3 nitrogen and oxygen atoms in total. The average Bonchev–Trinajstić information content (AvgIpc) is 2.77. The van der Waals surface area contributed by atoms with Crippen LogP contribution in [0.5, 0.6) is 0 Å². The molecule has 0 atom stereocenters. The number of hydrogen-bond acceptors (Lipinski definition) is 2. The molecule has 0 bridgehead atoms. The summed E-state index contributed by atoms with van der Waals surface area (Å²) in [5, 5.41) is 8.14. The Balaban J connectivity index is 2.39. The molecule has 2 rings (SSSR count). The van der Waals surface area contributed by atoms with Gasteiger partial charge in [-0.1, -0.05) is 23.7 Å². The van der Waals surface area contributed by atoms with E-state index in [1.807, 2.05) is 23.9 Å². The van der Waals surface area contributed by atoms with Crippen molar-refractivity contribution >= 4 is 11.6 Å². The highest BCUT2D eigenvalue weighted by atomic mass is 35.5. The fourth-order valence-electron chi connectivity index (χ4n) is 1.89. The van der Waals surface area contributed by atoms with Crippen molar-refractivity contribution in [3.05, 3.63) is 41.0 Å². The number of aryl methyl sites for hydroxylation is 1. The molecule has 2 aromatic rings. The lowest BCUT2D eigenvalue weighted by Crippen LogP contribution is -2.05. The molecule has 17 heavy (non-hydrogen) atoms. The molecule has 0 aliphatic carbocycles. The normalized spacial score (nSPS) is 10.8. The maximum atomic E-state index is 6.32. The van der Waals surface area contributed by atoms with Gasteiger partial charge in [0.05, 0.1) is 10.7 Å². The van der Waals surface area contributed by atoms with Gasteiger partial charge in [-0.3, -0.25) is 4.68 Å². The third-order valence-electron chi connectivity index (χ3n) is 2.71. The van der Waals surface area contributed by atoms with Crippen LogP contribution in [-0.4, -0.2) is 16.8 Å². The van der Waals surface area contributed by atoms with Gasteiger partial charge in [0.15, 0.2) is 0 Å². The second kappa shape index (κ2) is 5.34. The van der Waals surface area contributed by atoms with Crippen LogP contribution in [0.15, 0.2) is 30.5 Å². The van der Waals surface area contributed by atoms with Gasteiger partial charge in [0.1, 0.15) is 0 Å². The fourth-order valence-corrected chi connectivity index (χ4v) is 2.19. The van der Waals surface area contributed by atoms with Crippen molar-refractivity contribution in [2.24, 2.45) is 0 Å². The predicted molar refractivity (Wildman–Crippen MR) is 71.1 cm³/mol. The van der Waals surface area contributed by atoms with Crippen molar-refractivity contribution in [3.8, 4) is 11.3 Å². The molecule has 0 unspecified atom stereocenters. The van der Waals surface area contributed by atoms with Crippen molar-refractivity contribution in [2.75, 3.05) is 7.05 Å². The number of halogens is 1. The Kier molecular flexibility index (Phi) is 3.82. The Bertz CT molecular complexity index is 505. The highest BCUT2D eigenvalue weighted by molar-refractivity contribution is 6.33. The van der Waals surface area contributed by atoms with Crippen LogP contribution in [0.3, 0.4) is 0 Å². The van der Waals surface area contributed by atoms with E-state index in [1.165, 1.54) is 5.56 Å². The molecule has 0 aliphatic rings. The van der Waals surface area contributed by atoms with Gasteiger partial charge in [0.2, 0.25) is 0 Å². The van der Waals surface area contributed by atoms with Crippen LogP contribution in [0, 0.1) is 0 Å². The number of benzene rings is 1. The quantitative estimate of drug-likeness (QED) is 0.903. The molecule has 0 saturated carbocycles. The summed E-state index contributed by atoms with van der Waals surface area (Å²) in [6.07, 6.45) is 1.80. The number of nitrogens with zero attached hydrogens (tertiary/aromatic N) is 2. The summed E-state index contributed by atoms with van der Waals surface area (Å²) in [6.45, 7) is 3.74. The second-order valence-electron chi connectivity index (χ2n) is 3.88. The van der Waals surface area contributed by atoms with Crippen LogP contribution in [0.2, 0.25) is 5.02 Å². The first-order chi connectivity index (χ1) is 8.26. The van der Waals surface area contributed by atoms with E-state index in [0.717, 1.165) is 29.4 Å². The summed E-state index contributed by atoms with van der Waals surface area (Å²) in [4.78, 5) is 0. The van der Waals surface area contributed by atoms with Gasteiger partial charge >= 0.3 is 0 Å². The van der Waals surface area contributed by atoms with Gasteiger partial charge in [0.25, 0.3) is 0 Å². The number of hydrogen-bond donors (Lipinski definition) is 1. The first kappa shape index (κ1) is 12.1. The van der Waals surface area contributed by atoms with E-state index < -0.39 is 0 Å². The topological polar surface area (TPSA) is 29.9 Å². The average molecular weight is 250 g/mol. The van der Waals surface area contributed by atoms with Gasteiger partial charge in [-0.2, -0.15) is 5.10 Å². The van der Waals surface area contributed by atoms with Crippen LogP contribution in [-0.2, 0) is 13.1 Å². The summed E-state index contributed by atoms with van der Waals surface area (Å²) >= 11 is 6.32. The SMILES string of the molecule is CCn1nccc1-c1ccc(CNC)cc1Cl. The zero-order chi connectivity index (χ0) is 12.3. The molecule has 4 heteroatoms. The predicted octanol–water partition coefficient (Wildman–Crippen LogP) is 2.94. The van der Waals surface area contributed by atoms with Gasteiger partial charge in [-0.15, -0.1) is 0 Å². The van der Waals surface area contributed by atoms with E-state index >= 15 is 0 Å². The highest BCUT2D eigenvalue weighted by Crippen LogP contribution is 2.28. The zero-order valence-electron chi connectivity index (χ0n) is 10.1. The first-order valence-corrected chi connectivity index (χ1v) is 6.09. The highest BCUT2D eigenvalue weighted by Gasteiger charge is 2.08. The van der Waals surface area contributed by atoms with Gasteiger partial charge in [-0.05, 0) is 31.7 Å². The molecule has 0 aliphatic heterocycles. The van der Waals surface area contributed by atoms with E-state index in [-0.39, 0.29) is 0 Å². The molecule has 0 saturated heterocycles. The lowest BCUT2D eigenvalue weighted by atomic mass is 10.1. The third kappa shape index (κ3) is 2.51. The maximum Gasteiger partial charge on any atom is 0.0697 e. The van der Waals surface area contributed by atoms with Crippen molar-refractivity contribution in [1.82, 2.24) is 15.1 Å². The lowest BCUT2D eigenvalue weighted by Gasteiger charge is -2.08. The monoisotopic (exact) mass is 249 g/mol.